The number of hydrogen-bond donors (Lipinski definition) is 1. The van der Waals surface area contributed by atoms with Crippen LogP contribution in [0.5, 0.6) is 0 Å². The Bertz CT molecular complexity index is 680. The van der Waals surface area contributed by atoms with E-state index in [2.05, 4.69) is 25.3 Å². The summed E-state index contributed by atoms with van der Waals surface area (Å²) in [5.41, 5.74) is 1.92. The second-order valence-electron chi connectivity index (χ2n) is 3.95. The predicted molar refractivity (Wildman–Crippen MR) is 75.4 cm³/mol. The molecule has 0 saturated carbocycles. The number of aromatic nitrogens is 4. The van der Waals surface area contributed by atoms with Crippen LogP contribution in [0, 0.1) is 6.92 Å². The van der Waals surface area contributed by atoms with Gasteiger partial charge in [-0.25, -0.2) is 19.9 Å². The second-order valence-corrected chi connectivity index (χ2v) is 4.81. The van der Waals surface area contributed by atoms with Gasteiger partial charge in [0, 0.05) is 24.0 Å². The molecule has 0 bridgehead atoms. The molecular formula is C13H11N5S. The molecule has 0 fully saturated rings. The summed E-state index contributed by atoms with van der Waals surface area (Å²) in [6, 6.07) is 5.71. The smallest absolute Gasteiger partial charge is 0.188 e. The van der Waals surface area contributed by atoms with Crippen LogP contribution in [0.1, 0.15) is 5.56 Å². The zero-order valence-corrected chi connectivity index (χ0v) is 11.1. The van der Waals surface area contributed by atoms with Gasteiger partial charge in [-0.3, -0.25) is 0 Å². The van der Waals surface area contributed by atoms with Crippen molar-refractivity contribution in [2.45, 2.75) is 6.92 Å². The molecule has 0 aliphatic rings. The van der Waals surface area contributed by atoms with E-state index in [9.17, 15) is 0 Å². The van der Waals surface area contributed by atoms with Crippen molar-refractivity contribution in [3.63, 3.8) is 0 Å². The Morgan fingerprint density at radius 3 is 2.74 bits per heavy atom. The number of nitrogens with zero attached hydrogens (tertiary/aromatic N) is 4. The van der Waals surface area contributed by atoms with E-state index in [-0.39, 0.29) is 0 Å². The number of anilines is 2. The van der Waals surface area contributed by atoms with Gasteiger partial charge in [-0.15, -0.1) is 11.3 Å². The number of rotatable bonds is 3. The summed E-state index contributed by atoms with van der Waals surface area (Å²) in [6.45, 7) is 2.03. The first-order valence-corrected chi connectivity index (χ1v) is 6.62. The first kappa shape index (κ1) is 11.7. The van der Waals surface area contributed by atoms with Gasteiger partial charge in [0.05, 0.1) is 0 Å². The number of pyridine rings is 1. The Balaban J connectivity index is 1.82. The molecule has 0 unspecified atom stereocenters. The Morgan fingerprint density at radius 2 is 1.95 bits per heavy atom. The lowest BCUT2D eigenvalue weighted by molar-refractivity contribution is 1.15. The average Bonchev–Trinajstić information content (AvgIpc) is 2.88. The van der Waals surface area contributed by atoms with Crippen LogP contribution < -0.4 is 5.32 Å². The average molecular weight is 269 g/mol. The summed E-state index contributed by atoms with van der Waals surface area (Å²) in [7, 11) is 0. The molecular weight excluding hydrogens is 258 g/mol. The van der Waals surface area contributed by atoms with Crippen LogP contribution in [0.4, 0.5) is 10.9 Å². The molecule has 3 heterocycles. The van der Waals surface area contributed by atoms with Crippen molar-refractivity contribution in [2.75, 3.05) is 5.32 Å². The van der Waals surface area contributed by atoms with Gasteiger partial charge in [-0.05, 0) is 30.7 Å². The van der Waals surface area contributed by atoms with Crippen LogP contribution in [0.25, 0.3) is 11.5 Å². The summed E-state index contributed by atoms with van der Waals surface area (Å²) in [5, 5.41) is 5.88. The van der Waals surface area contributed by atoms with Gasteiger partial charge in [0.2, 0.25) is 0 Å². The van der Waals surface area contributed by atoms with Crippen molar-refractivity contribution in [1.29, 1.82) is 0 Å². The van der Waals surface area contributed by atoms with Crippen LogP contribution in [0.15, 0.2) is 42.2 Å². The first-order valence-electron chi connectivity index (χ1n) is 5.74. The topological polar surface area (TPSA) is 63.6 Å². The molecule has 6 heteroatoms. The maximum absolute atomic E-state index is 4.45. The highest BCUT2D eigenvalue weighted by Gasteiger charge is 2.07. The maximum Gasteiger partial charge on any atom is 0.188 e. The van der Waals surface area contributed by atoms with Gasteiger partial charge >= 0.3 is 0 Å². The molecule has 1 N–H and O–H groups in total. The van der Waals surface area contributed by atoms with Crippen molar-refractivity contribution >= 4 is 22.3 Å². The monoisotopic (exact) mass is 269 g/mol. The summed E-state index contributed by atoms with van der Waals surface area (Å²) in [6.07, 6.45) is 5.18. The Morgan fingerprint density at radius 1 is 1.11 bits per heavy atom. The quantitative estimate of drug-likeness (QED) is 0.791. The van der Waals surface area contributed by atoms with Gasteiger partial charge in [-0.2, -0.15) is 0 Å². The number of hydrogen-bond acceptors (Lipinski definition) is 6. The minimum Gasteiger partial charge on any atom is -0.316 e. The lowest BCUT2D eigenvalue weighted by Gasteiger charge is -2.01. The van der Waals surface area contributed by atoms with Gasteiger partial charge in [0.15, 0.2) is 11.0 Å². The Hall–Kier alpha value is -2.34. The zero-order chi connectivity index (χ0) is 13.1. The summed E-state index contributed by atoms with van der Waals surface area (Å²) < 4.78 is 0. The van der Waals surface area contributed by atoms with Crippen LogP contribution in [-0.2, 0) is 0 Å². The van der Waals surface area contributed by atoms with E-state index < -0.39 is 0 Å². The first-order chi connectivity index (χ1) is 9.31. The van der Waals surface area contributed by atoms with E-state index in [1.165, 1.54) is 11.3 Å². The summed E-state index contributed by atoms with van der Waals surface area (Å²) in [4.78, 5) is 17.0. The molecule has 0 spiro atoms. The SMILES string of the molecule is Cc1ccnc(Nc2nc(-c3ncccn3)cs2)c1. The standard InChI is InChI=1S/C13H11N5S/c1-9-3-6-14-11(7-9)18-13-17-10(8-19-13)12-15-4-2-5-16-12/h2-8H,1H3,(H,14,17,18). The minimum absolute atomic E-state index is 0.629. The minimum atomic E-state index is 0.629. The predicted octanol–water partition coefficient (Wildman–Crippen LogP) is 3.05. The van der Waals surface area contributed by atoms with E-state index in [1.54, 1.807) is 24.7 Å². The fraction of sp³-hybridized carbons (Fsp3) is 0.0769. The molecule has 3 aromatic heterocycles. The molecule has 0 saturated heterocycles. The molecule has 94 valence electrons. The lowest BCUT2D eigenvalue weighted by Crippen LogP contribution is -1.93. The molecule has 0 amide bonds. The van der Waals surface area contributed by atoms with Crippen LogP contribution >= 0.6 is 11.3 Å². The zero-order valence-electron chi connectivity index (χ0n) is 10.2. The third-order valence-corrected chi connectivity index (χ3v) is 3.21. The molecule has 0 aliphatic heterocycles. The Labute approximate surface area is 114 Å². The fourth-order valence-corrected chi connectivity index (χ4v) is 2.28. The van der Waals surface area contributed by atoms with Crippen LogP contribution in [-0.4, -0.2) is 19.9 Å². The normalized spacial score (nSPS) is 10.4. The van der Waals surface area contributed by atoms with Crippen molar-refractivity contribution in [3.8, 4) is 11.5 Å². The van der Waals surface area contributed by atoms with Crippen molar-refractivity contribution < 1.29 is 0 Å². The molecule has 19 heavy (non-hydrogen) atoms. The number of thiazole rings is 1. The highest BCUT2D eigenvalue weighted by atomic mass is 32.1. The van der Waals surface area contributed by atoms with Crippen LogP contribution in [0.3, 0.4) is 0 Å². The number of nitrogens with one attached hydrogen (secondary N) is 1. The molecule has 0 aliphatic carbocycles. The van der Waals surface area contributed by atoms with E-state index in [0.717, 1.165) is 22.2 Å². The molecule has 0 radical (unpaired) electrons. The van der Waals surface area contributed by atoms with Gasteiger partial charge in [-0.1, -0.05) is 0 Å². The van der Waals surface area contributed by atoms with Crippen LogP contribution in [0.2, 0.25) is 0 Å². The second kappa shape index (κ2) is 5.11. The summed E-state index contributed by atoms with van der Waals surface area (Å²) >= 11 is 1.50. The highest BCUT2D eigenvalue weighted by molar-refractivity contribution is 7.14. The van der Waals surface area contributed by atoms with E-state index >= 15 is 0 Å². The summed E-state index contributed by atoms with van der Waals surface area (Å²) in [5.74, 6) is 1.42. The molecule has 3 aromatic rings. The maximum atomic E-state index is 4.45. The van der Waals surface area contributed by atoms with Crippen molar-refractivity contribution in [3.05, 3.63) is 47.7 Å². The lowest BCUT2D eigenvalue weighted by atomic mass is 10.3. The number of aryl methyl sites for hydroxylation is 1. The largest absolute Gasteiger partial charge is 0.316 e. The highest BCUT2D eigenvalue weighted by Crippen LogP contribution is 2.24. The van der Waals surface area contributed by atoms with Gasteiger partial charge in [0.25, 0.3) is 0 Å². The molecule has 0 aromatic carbocycles. The third kappa shape index (κ3) is 2.74. The van der Waals surface area contributed by atoms with Crippen molar-refractivity contribution in [2.24, 2.45) is 0 Å². The van der Waals surface area contributed by atoms with Gasteiger partial charge in [0.1, 0.15) is 11.5 Å². The van der Waals surface area contributed by atoms with E-state index in [4.69, 9.17) is 0 Å². The Kier molecular flexibility index (Phi) is 3.16. The molecule has 0 atom stereocenters. The van der Waals surface area contributed by atoms with Crippen molar-refractivity contribution in [1.82, 2.24) is 19.9 Å². The molecule has 3 rings (SSSR count). The van der Waals surface area contributed by atoms with E-state index in [1.807, 2.05) is 24.4 Å². The fourth-order valence-electron chi connectivity index (χ4n) is 1.58. The van der Waals surface area contributed by atoms with Gasteiger partial charge < -0.3 is 5.32 Å². The molecule has 5 nitrogen and oxygen atoms in total. The third-order valence-electron chi connectivity index (χ3n) is 2.45. The van der Waals surface area contributed by atoms with E-state index in [0.29, 0.717) is 5.82 Å².